The lowest BCUT2D eigenvalue weighted by atomic mass is 10.2. The van der Waals surface area contributed by atoms with Gasteiger partial charge >= 0.3 is 0 Å². The maximum atomic E-state index is 11.5. The third-order valence-corrected chi connectivity index (χ3v) is 4.54. The monoisotopic (exact) mass is 300 g/mol. The maximum absolute atomic E-state index is 11.5. The van der Waals surface area contributed by atoms with E-state index in [-0.39, 0.29) is 16.6 Å². The van der Waals surface area contributed by atoms with Crippen LogP contribution in [-0.2, 0) is 9.84 Å². The molecule has 0 unspecified atom stereocenters. The van der Waals surface area contributed by atoms with Crippen molar-refractivity contribution in [1.82, 2.24) is 0 Å². The molecule has 7 nitrogen and oxygen atoms in total. The van der Waals surface area contributed by atoms with Crippen molar-refractivity contribution in [2.45, 2.75) is 30.4 Å². The minimum atomic E-state index is -3.50. The van der Waals surface area contributed by atoms with Crippen LogP contribution in [0.3, 0.4) is 0 Å². The van der Waals surface area contributed by atoms with E-state index in [9.17, 15) is 23.6 Å². The molecule has 1 N–H and O–H groups in total. The Hall–Kier alpha value is -1.67. The average Bonchev–Trinajstić information content (AvgIpc) is 2.66. The first kappa shape index (κ1) is 14.7. The molecule has 0 spiro atoms. The Morgan fingerprint density at radius 3 is 2.55 bits per heavy atom. The zero-order valence-corrected chi connectivity index (χ0v) is 12.0. The quantitative estimate of drug-likeness (QED) is 0.659. The van der Waals surface area contributed by atoms with E-state index in [2.05, 4.69) is 0 Å². The summed E-state index contributed by atoms with van der Waals surface area (Å²) in [5.74, 6) is 0. The van der Waals surface area contributed by atoms with Crippen molar-refractivity contribution in [3.63, 3.8) is 0 Å². The topological polar surface area (TPSA) is 101 Å². The SMILES string of the molecule is C[C@@H]1C[C@@H](O)CN1c1ccc(S(C)(=O)=O)cc1[N+](=O)[O-]. The van der Waals surface area contributed by atoms with E-state index in [4.69, 9.17) is 0 Å². The van der Waals surface area contributed by atoms with E-state index in [1.807, 2.05) is 6.92 Å². The summed E-state index contributed by atoms with van der Waals surface area (Å²) in [6.07, 6.45) is 1.01. The van der Waals surface area contributed by atoms with Gasteiger partial charge in [-0.15, -0.1) is 0 Å². The molecule has 0 saturated carbocycles. The van der Waals surface area contributed by atoms with Crippen LogP contribution in [0.1, 0.15) is 13.3 Å². The highest BCUT2D eigenvalue weighted by molar-refractivity contribution is 7.90. The van der Waals surface area contributed by atoms with Gasteiger partial charge in [-0.3, -0.25) is 10.1 Å². The van der Waals surface area contributed by atoms with Crippen LogP contribution in [0.4, 0.5) is 11.4 Å². The molecule has 8 heteroatoms. The summed E-state index contributed by atoms with van der Waals surface area (Å²) in [6, 6.07) is 3.83. The number of hydrogen-bond donors (Lipinski definition) is 1. The number of benzene rings is 1. The summed E-state index contributed by atoms with van der Waals surface area (Å²) >= 11 is 0. The van der Waals surface area contributed by atoms with Gasteiger partial charge in [-0.25, -0.2) is 8.42 Å². The van der Waals surface area contributed by atoms with Gasteiger partial charge in [0.05, 0.1) is 15.9 Å². The van der Waals surface area contributed by atoms with Crippen molar-refractivity contribution < 1.29 is 18.4 Å². The predicted molar refractivity (Wildman–Crippen MR) is 73.6 cm³/mol. The fourth-order valence-electron chi connectivity index (χ4n) is 2.46. The Bertz CT molecular complexity index is 643. The van der Waals surface area contributed by atoms with Crippen LogP contribution in [0.5, 0.6) is 0 Å². The Balaban J connectivity index is 2.52. The molecule has 0 bridgehead atoms. The second-order valence-corrected chi connectivity index (χ2v) is 7.09. The standard InChI is InChI=1S/C12H16N2O5S/c1-8-5-9(15)7-13(8)11-4-3-10(20(2,18)19)6-12(11)14(16)17/h3-4,6,8-9,15H,5,7H2,1-2H3/t8-,9-/m1/s1. The first-order valence-corrected chi connectivity index (χ1v) is 8.02. The zero-order valence-electron chi connectivity index (χ0n) is 11.2. The Kier molecular flexibility index (Phi) is 3.70. The number of aliphatic hydroxyl groups is 1. The number of nitro benzene ring substituents is 1. The van der Waals surface area contributed by atoms with Gasteiger partial charge in [0, 0.05) is 24.9 Å². The minimum Gasteiger partial charge on any atom is -0.391 e. The lowest BCUT2D eigenvalue weighted by Crippen LogP contribution is -2.28. The van der Waals surface area contributed by atoms with Gasteiger partial charge < -0.3 is 10.0 Å². The number of nitro groups is 1. The normalized spacial score (nSPS) is 23.1. The molecule has 0 aromatic heterocycles. The Labute approximate surface area is 116 Å². The molecule has 1 saturated heterocycles. The van der Waals surface area contributed by atoms with E-state index in [1.54, 1.807) is 4.90 Å². The molecule has 0 radical (unpaired) electrons. The summed E-state index contributed by atoms with van der Waals surface area (Å²) < 4.78 is 23.0. The molecule has 2 atom stereocenters. The van der Waals surface area contributed by atoms with Crippen LogP contribution in [0, 0.1) is 10.1 Å². The highest BCUT2D eigenvalue weighted by atomic mass is 32.2. The number of aliphatic hydroxyl groups excluding tert-OH is 1. The molecule has 110 valence electrons. The largest absolute Gasteiger partial charge is 0.391 e. The molecule has 1 aromatic rings. The van der Waals surface area contributed by atoms with Crippen LogP contribution in [0.15, 0.2) is 23.1 Å². The van der Waals surface area contributed by atoms with Gasteiger partial charge in [0.15, 0.2) is 9.84 Å². The van der Waals surface area contributed by atoms with E-state index in [0.717, 1.165) is 12.3 Å². The van der Waals surface area contributed by atoms with E-state index in [1.165, 1.54) is 12.1 Å². The lowest BCUT2D eigenvalue weighted by Gasteiger charge is -2.23. The fourth-order valence-corrected chi connectivity index (χ4v) is 3.10. The van der Waals surface area contributed by atoms with Crippen LogP contribution in [0.2, 0.25) is 0 Å². The Morgan fingerprint density at radius 1 is 1.45 bits per heavy atom. The van der Waals surface area contributed by atoms with Crippen LogP contribution in [-0.4, -0.2) is 43.4 Å². The van der Waals surface area contributed by atoms with Crippen molar-refractivity contribution in [2.24, 2.45) is 0 Å². The second kappa shape index (κ2) is 5.02. The summed E-state index contributed by atoms with van der Waals surface area (Å²) in [5, 5.41) is 20.8. The van der Waals surface area contributed by atoms with Crippen LogP contribution in [0.25, 0.3) is 0 Å². The molecule has 1 aromatic carbocycles. The number of rotatable bonds is 3. The van der Waals surface area contributed by atoms with Crippen molar-refractivity contribution in [3.8, 4) is 0 Å². The molecule has 1 aliphatic rings. The van der Waals surface area contributed by atoms with Crippen molar-refractivity contribution >= 4 is 21.2 Å². The first-order valence-electron chi connectivity index (χ1n) is 6.13. The van der Waals surface area contributed by atoms with E-state index >= 15 is 0 Å². The number of β-amino-alcohol motifs (C(OH)–C–C–N with tert-alkyl or cyclic N) is 1. The van der Waals surface area contributed by atoms with Gasteiger partial charge in [-0.2, -0.15) is 0 Å². The second-order valence-electron chi connectivity index (χ2n) is 5.07. The number of anilines is 1. The number of sulfone groups is 1. The molecule has 0 amide bonds. The van der Waals surface area contributed by atoms with Crippen LogP contribution >= 0.6 is 0 Å². The van der Waals surface area contributed by atoms with Gasteiger partial charge in [0.2, 0.25) is 0 Å². The lowest BCUT2D eigenvalue weighted by molar-refractivity contribution is -0.384. The van der Waals surface area contributed by atoms with Crippen LogP contribution < -0.4 is 4.90 Å². The zero-order chi connectivity index (χ0) is 15.1. The highest BCUT2D eigenvalue weighted by Gasteiger charge is 2.32. The number of hydrogen-bond acceptors (Lipinski definition) is 6. The predicted octanol–water partition coefficient (Wildman–Crippen LogP) is 0.958. The summed E-state index contributed by atoms with van der Waals surface area (Å²) in [4.78, 5) is 12.2. The van der Waals surface area contributed by atoms with Crippen molar-refractivity contribution in [2.75, 3.05) is 17.7 Å². The maximum Gasteiger partial charge on any atom is 0.293 e. The molecule has 1 heterocycles. The summed E-state index contributed by atoms with van der Waals surface area (Å²) in [7, 11) is -3.50. The fraction of sp³-hybridized carbons (Fsp3) is 0.500. The van der Waals surface area contributed by atoms with Crippen molar-refractivity contribution in [3.05, 3.63) is 28.3 Å². The smallest absolute Gasteiger partial charge is 0.293 e. The molecule has 2 rings (SSSR count). The molecular weight excluding hydrogens is 284 g/mol. The third-order valence-electron chi connectivity index (χ3n) is 3.43. The van der Waals surface area contributed by atoms with Gasteiger partial charge in [-0.05, 0) is 25.5 Å². The van der Waals surface area contributed by atoms with Gasteiger partial charge in [0.1, 0.15) is 5.69 Å². The highest BCUT2D eigenvalue weighted by Crippen LogP contribution is 2.35. The van der Waals surface area contributed by atoms with Gasteiger partial charge in [-0.1, -0.05) is 0 Å². The Morgan fingerprint density at radius 2 is 2.10 bits per heavy atom. The average molecular weight is 300 g/mol. The molecule has 0 aliphatic carbocycles. The van der Waals surface area contributed by atoms with E-state index < -0.39 is 20.9 Å². The third kappa shape index (κ3) is 2.75. The molecule has 1 aliphatic heterocycles. The minimum absolute atomic E-state index is 0.0345. The van der Waals surface area contributed by atoms with Crippen molar-refractivity contribution in [1.29, 1.82) is 0 Å². The first-order chi connectivity index (χ1) is 9.20. The van der Waals surface area contributed by atoms with Gasteiger partial charge in [0.25, 0.3) is 5.69 Å². The molecule has 20 heavy (non-hydrogen) atoms. The number of nitrogens with zero attached hydrogens (tertiary/aromatic N) is 2. The van der Waals surface area contributed by atoms with E-state index in [0.29, 0.717) is 18.7 Å². The summed E-state index contributed by atoms with van der Waals surface area (Å²) in [6.45, 7) is 2.17. The summed E-state index contributed by atoms with van der Waals surface area (Å²) in [5.41, 5.74) is 0.0836. The molecule has 1 fully saturated rings. The molecular formula is C12H16N2O5S.